The number of rotatable bonds is 4. The Balaban J connectivity index is 4.08. The molecule has 0 aromatic carbocycles. The highest BCUT2D eigenvalue weighted by Crippen LogP contribution is 2.38. The third-order valence-corrected chi connectivity index (χ3v) is 5.34. The van der Waals surface area contributed by atoms with Crippen LogP contribution in [0.4, 0.5) is 22.0 Å². The minimum atomic E-state index is -5.33. The van der Waals surface area contributed by atoms with Crippen LogP contribution in [0.5, 0.6) is 0 Å². The van der Waals surface area contributed by atoms with Crippen LogP contribution in [-0.4, -0.2) is 29.7 Å². The molecule has 0 saturated carbocycles. The summed E-state index contributed by atoms with van der Waals surface area (Å²) in [5.41, 5.74) is -6.03. The molecule has 0 fully saturated rings. The molecule has 0 aliphatic carbocycles. The molecule has 23 heavy (non-hydrogen) atoms. The van der Waals surface area contributed by atoms with E-state index in [4.69, 9.17) is 5.11 Å². The zero-order chi connectivity index (χ0) is 18.3. The zero-order valence-electron chi connectivity index (χ0n) is 12.1. The van der Waals surface area contributed by atoms with Gasteiger partial charge in [-0.3, -0.25) is 0 Å². The maximum Gasteiger partial charge on any atom is 0.434 e. The largest absolute Gasteiger partial charge is 0.478 e. The minimum absolute atomic E-state index is 0.738. The zero-order valence-corrected chi connectivity index (χ0v) is 12.9. The van der Waals surface area contributed by atoms with Gasteiger partial charge in [-0.2, -0.15) is 13.2 Å². The maximum atomic E-state index is 13.1. The smallest absolute Gasteiger partial charge is 0.434 e. The van der Waals surface area contributed by atoms with Gasteiger partial charge < -0.3 is 5.11 Å². The molecular weight excluding hydrogens is 349 g/mol. The highest BCUT2D eigenvalue weighted by atomic mass is 32.2. The lowest BCUT2D eigenvalue weighted by Crippen LogP contribution is -2.25. The van der Waals surface area contributed by atoms with Crippen LogP contribution in [0.1, 0.15) is 47.6 Å². The number of nitrogens with zero attached hydrogens (tertiary/aromatic N) is 1. The molecule has 11 heteroatoms. The molecule has 0 atom stereocenters. The molecule has 0 spiro atoms. The first-order valence-electron chi connectivity index (χ1n) is 6.09. The maximum absolute atomic E-state index is 13.1. The normalized spacial score (nSPS) is 13.0. The summed E-state index contributed by atoms with van der Waals surface area (Å²) in [6, 6.07) is 0. The van der Waals surface area contributed by atoms with E-state index >= 15 is 0 Å². The van der Waals surface area contributed by atoms with Crippen LogP contribution in [0.15, 0.2) is 4.90 Å². The van der Waals surface area contributed by atoms with Crippen molar-refractivity contribution in [2.75, 3.05) is 0 Å². The number of hydrogen-bond donors (Lipinski definition) is 1. The molecule has 1 aromatic rings. The average molecular weight is 361 g/mol. The van der Waals surface area contributed by atoms with Crippen molar-refractivity contribution in [3.05, 3.63) is 22.5 Å². The van der Waals surface area contributed by atoms with E-state index in [1.165, 1.54) is 0 Å². The summed E-state index contributed by atoms with van der Waals surface area (Å²) in [6.45, 7) is 2.99. The second kappa shape index (κ2) is 6.02. The molecule has 130 valence electrons. The third kappa shape index (κ3) is 3.43. The van der Waals surface area contributed by atoms with E-state index in [9.17, 15) is 35.2 Å². The van der Waals surface area contributed by atoms with E-state index in [1.54, 1.807) is 0 Å². The van der Waals surface area contributed by atoms with Crippen LogP contribution in [0.3, 0.4) is 0 Å². The number of sulfone groups is 1. The molecule has 1 heterocycles. The van der Waals surface area contributed by atoms with Crippen LogP contribution in [-0.2, 0) is 16.0 Å². The number of carbonyl (C=O) groups is 1. The fraction of sp³-hybridized carbons (Fsp3) is 0.500. The predicted molar refractivity (Wildman–Crippen MR) is 68.2 cm³/mol. The Morgan fingerprint density at radius 3 is 2.00 bits per heavy atom. The Morgan fingerprint density at radius 1 is 1.22 bits per heavy atom. The van der Waals surface area contributed by atoms with Crippen LogP contribution >= 0.6 is 0 Å². The molecule has 1 rings (SSSR count). The lowest BCUT2D eigenvalue weighted by atomic mass is 10.1. The topological polar surface area (TPSA) is 84.3 Å². The summed E-state index contributed by atoms with van der Waals surface area (Å²) in [6.07, 6.45) is -8.96. The van der Waals surface area contributed by atoms with E-state index in [-0.39, 0.29) is 0 Å². The van der Waals surface area contributed by atoms with E-state index in [1.807, 2.05) is 0 Å². The third-order valence-electron chi connectivity index (χ3n) is 3.01. The summed E-state index contributed by atoms with van der Waals surface area (Å²) >= 11 is 0. The van der Waals surface area contributed by atoms with Gasteiger partial charge in [-0.15, -0.1) is 0 Å². The summed E-state index contributed by atoms with van der Waals surface area (Å²) in [5, 5.41) is 7.69. The number of pyridine rings is 1. The molecule has 1 aromatic heterocycles. The molecule has 1 N–H and O–H groups in total. The van der Waals surface area contributed by atoms with Crippen molar-refractivity contribution in [2.24, 2.45) is 0 Å². The van der Waals surface area contributed by atoms with Gasteiger partial charge in [-0.1, -0.05) is 0 Å². The monoisotopic (exact) mass is 361 g/mol. The first-order valence-corrected chi connectivity index (χ1v) is 7.64. The summed E-state index contributed by atoms with van der Waals surface area (Å²) in [4.78, 5) is 12.6. The Bertz CT molecular complexity index is 741. The van der Waals surface area contributed by atoms with E-state index in [0.717, 1.165) is 20.8 Å². The van der Waals surface area contributed by atoms with Gasteiger partial charge in [0.25, 0.3) is 6.43 Å². The summed E-state index contributed by atoms with van der Waals surface area (Å²) in [7, 11) is -4.47. The number of carboxylic acids is 1. The molecule has 0 saturated heterocycles. The quantitative estimate of drug-likeness (QED) is 0.833. The van der Waals surface area contributed by atoms with Gasteiger partial charge in [-0.05, 0) is 26.3 Å². The van der Waals surface area contributed by atoms with Gasteiger partial charge in [0.1, 0.15) is 5.69 Å². The van der Waals surface area contributed by atoms with Crippen LogP contribution < -0.4 is 0 Å². The van der Waals surface area contributed by atoms with Crippen molar-refractivity contribution >= 4 is 15.8 Å². The lowest BCUT2D eigenvalue weighted by Gasteiger charge is -2.19. The fourth-order valence-corrected chi connectivity index (χ4v) is 3.35. The summed E-state index contributed by atoms with van der Waals surface area (Å²) < 4.78 is 89.2. The SMILES string of the molecule is Cc1c(C(=O)O)c(C(F)(F)F)nc(C(F)F)c1S(=O)(=O)C(C)C. The standard InChI is InChI=1S/C12H12F5NO4S/c1-4(2)23(21,22)8-5(3)6(11(19)20)9(12(15,16)17)18-7(8)10(13)14/h4,10H,1-3H3,(H,19,20). The molecule has 0 bridgehead atoms. The minimum Gasteiger partial charge on any atom is -0.478 e. The van der Waals surface area contributed by atoms with Crippen molar-refractivity contribution in [1.29, 1.82) is 0 Å². The number of aromatic carboxylic acids is 1. The number of hydrogen-bond acceptors (Lipinski definition) is 4. The Hall–Kier alpha value is -1.78. The van der Waals surface area contributed by atoms with E-state index in [0.29, 0.717) is 0 Å². The van der Waals surface area contributed by atoms with Gasteiger partial charge in [0.05, 0.1) is 15.7 Å². The van der Waals surface area contributed by atoms with Gasteiger partial charge in [0, 0.05) is 0 Å². The van der Waals surface area contributed by atoms with Crippen molar-refractivity contribution in [2.45, 2.75) is 43.5 Å². The van der Waals surface area contributed by atoms with Crippen molar-refractivity contribution < 1.29 is 40.3 Å². The molecule has 0 amide bonds. The average Bonchev–Trinajstić information content (AvgIpc) is 2.34. The summed E-state index contributed by atoms with van der Waals surface area (Å²) in [5.74, 6) is -2.11. The Labute approximate surface area is 128 Å². The predicted octanol–water partition coefficient (Wildman–Crippen LogP) is 3.23. The van der Waals surface area contributed by atoms with Crippen LogP contribution in [0.2, 0.25) is 0 Å². The van der Waals surface area contributed by atoms with Gasteiger partial charge >= 0.3 is 12.1 Å². The highest BCUT2D eigenvalue weighted by molar-refractivity contribution is 7.92. The number of carboxylic acid groups (broad SMARTS) is 1. The highest BCUT2D eigenvalue weighted by Gasteiger charge is 2.43. The molecule has 5 nitrogen and oxygen atoms in total. The molecule has 0 aliphatic rings. The van der Waals surface area contributed by atoms with Gasteiger partial charge in [0.2, 0.25) is 0 Å². The van der Waals surface area contributed by atoms with E-state index < -0.39 is 61.1 Å². The molecular formula is C12H12F5NO4S. The molecule has 0 radical (unpaired) electrons. The number of aromatic nitrogens is 1. The number of alkyl halides is 5. The van der Waals surface area contributed by atoms with Gasteiger partial charge in [0.15, 0.2) is 15.5 Å². The Morgan fingerprint density at radius 2 is 1.70 bits per heavy atom. The lowest BCUT2D eigenvalue weighted by molar-refractivity contribution is -0.142. The first-order chi connectivity index (χ1) is 10.2. The fourth-order valence-electron chi connectivity index (χ4n) is 1.92. The second-order valence-corrected chi connectivity index (χ2v) is 7.31. The molecule has 0 aliphatic heterocycles. The number of halogens is 5. The van der Waals surface area contributed by atoms with Gasteiger partial charge in [-0.25, -0.2) is 27.0 Å². The van der Waals surface area contributed by atoms with Crippen LogP contribution in [0.25, 0.3) is 0 Å². The van der Waals surface area contributed by atoms with Crippen LogP contribution in [0, 0.1) is 6.92 Å². The van der Waals surface area contributed by atoms with Crippen molar-refractivity contribution in [1.82, 2.24) is 4.98 Å². The first kappa shape index (κ1) is 19.3. The Kier molecular flexibility index (Phi) is 5.04. The van der Waals surface area contributed by atoms with Crippen molar-refractivity contribution in [3.8, 4) is 0 Å². The molecule has 0 unspecified atom stereocenters. The second-order valence-electron chi connectivity index (χ2n) is 4.87. The van der Waals surface area contributed by atoms with Crippen molar-refractivity contribution in [3.63, 3.8) is 0 Å². The van der Waals surface area contributed by atoms with E-state index in [2.05, 4.69) is 4.98 Å².